The van der Waals surface area contributed by atoms with Crippen LogP contribution in [-0.2, 0) is 28.5 Å². The van der Waals surface area contributed by atoms with E-state index in [0.29, 0.717) is 44.1 Å². The number of esters is 1. The van der Waals surface area contributed by atoms with Crippen molar-refractivity contribution >= 4 is 5.97 Å². The number of cyclic esters (lactones) is 1. The molecule has 7 aliphatic rings. The molecule has 0 unspecified atom stereocenters. The summed E-state index contributed by atoms with van der Waals surface area (Å²) in [5, 5.41) is 85.1. The minimum atomic E-state index is -1.75. The second-order valence-corrected chi connectivity index (χ2v) is 16.2. The number of hydrogen-bond acceptors (Lipinski definition) is 14. The first-order chi connectivity index (χ1) is 23.3. The molecule has 0 aromatic rings. The van der Waals surface area contributed by atoms with Gasteiger partial charge in [0.1, 0.15) is 55.4 Å². The van der Waals surface area contributed by atoms with Gasteiger partial charge in [-0.25, -0.2) is 0 Å². The van der Waals surface area contributed by atoms with E-state index in [1.807, 2.05) is 0 Å². The molecule has 3 heterocycles. The van der Waals surface area contributed by atoms with E-state index in [-0.39, 0.29) is 28.8 Å². The smallest absolute Gasteiger partial charge is 0.310 e. The quantitative estimate of drug-likeness (QED) is 0.0986. The maximum Gasteiger partial charge on any atom is 0.310 e. The Morgan fingerprint density at radius 1 is 0.776 bits per heavy atom. The average molecular weight is 699 g/mol. The highest BCUT2D eigenvalue weighted by Gasteiger charge is 2.66. The number of carbonyl (C=O) groups excluding carboxylic acids is 1. The van der Waals surface area contributed by atoms with Gasteiger partial charge in [-0.3, -0.25) is 4.79 Å². The summed E-state index contributed by atoms with van der Waals surface area (Å²) in [6.45, 7) is 3.60. The van der Waals surface area contributed by atoms with E-state index in [1.54, 1.807) is 0 Å². The second kappa shape index (κ2) is 13.3. The molecule has 0 aromatic carbocycles. The van der Waals surface area contributed by atoms with Gasteiger partial charge in [0.25, 0.3) is 0 Å². The molecular weight excluding hydrogens is 644 g/mol. The zero-order valence-corrected chi connectivity index (χ0v) is 28.3. The molecule has 14 nitrogen and oxygen atoms in total. The van der Waals surface area contributed by atoms with Crippen LogP contribution in [0.1, 0.15) is 78.1 Å². The molecule has 14 heteroatoms. The van der Waals surface area contributed by atoms with E-state index < -0.39 is 80.2 Å². The Balaban J connectivity index is 1.03. The van der Waals surface area contributed by atoms with Gasteiger partial charge in [-0.1, -0.05) is 19.4 Å². The summed E-state index contributed by atoms with van der Waals surface area (Å²) in [5.41, 5.74) is 1.07. The van der Waals surface area contributed by atoms with E-state index in [4.69, 9.17) is 23.7 Å². The molecule has 4 aliphatic carbocycles. The van der Waals surface area contributed by atoms with Gasteiger partial charge in [-0.05, 0) is 86.5 Å². The van der Waals surface area contributed by atoms with Crippen molar-refractivity contribution in [3.8, 4) is 0 Å². The largest absolute Gasteiger partial charge is 0.461 e. The van der Waals surface area contributed by atoms with Crippen LogP contribution in [0.3, 0.4) is 0 Å². The van der Waals surface area contributed by atoms with Crippen LogP contribution in [0.2, 0.25) is 0 Å². The Bertz CT molecular complexity index is 1280. The second-order valence-electron chi connectivity index (χ2n) is 16.2. The molecule has 0 radical (unpaired) electrons. The Morgan fingerprint density at radius 2 is 1.47 bits per heavy atom. The van der Waals surface area contributed by atoms with Crippen LogP contribution in [-0.4, -0.2) is 140 Å². The molecule has 0 amide bonds. The van der Waals surface area contributed by atoms with E-state index >= 15 is 0 Å². The predicted molar refractivity (Wildman–Crippen MR) is 167 cm³/mol. The SMILES string of the molecule is C[C@]12CC[C@@H](O[C@H]3O[C@@H](CO)[C@@H](O)[C@@H](O[C@H]4O[C@@H](CO)[C@@H](O)[C@@H](O)[C@H]4O)[C@H]3O)C[C@@H]1CC[C@@H]1[C@@H]2CC[C@@]2(C)/C(=C3\COC(=O)C3)CC[C@]12O. The maximum atomic E-state index is 12.5. The Hall–Kier alpha value is -1.27. The summed E-state index contributed by atoms with van der Waals surface area (Å²) < 4.78 is 28.7. The van der Waals surface area contributed by atoms with E-state index in [0.717, 1.165) is 44.1 Å². The third-order valence-electron chi connectivity index (χ3n) is 14.1. The van der Waals surface area contributed by atoms with Gasteiger partial charge in [0.05, 0.1) is 31.3 Å². The van der Waals surface area contributed by atoms with Crippen LogP contribution in [0, 0.1) is 28.6 Å². The standard InChI is InChI=1S/C35H54O14/c1-33-8-5-18(46-32-29(43)30(26(40)23(14-37)48-32)49-31-28(42)27(41)25(39)22(13-36)47-31)12-17(33)3-4-21-20(33)6-9-34(2)19(7-10-35(21,34)44)16-11-24(38)45-15-16/h17-18,20-23,25-32,36-37,39-44H,3-15H2,1-2H3/b19-16-/t17-,18+,20-,21+,22-,23-,25+,26+,27+,28+,29+,30+,31+,32-,33-,34-,35-/m0/s1. The lowest BCUT2D eigenvalue weighted by molar-refractivity contribution is -0.365. The van der Waals surface area contributed by atoms with Crippen molar-refractivity contribution in [2.45, 2.75) is 151 Å². The average Bonchev–Trinajstić information content (AvgIpc) is 3.63. The summed E-state index contributed by atoms with van der Waals surface area (Å²) in [4.78, 5) is 11.9. The lowest BCUT2D eigenvalue weighted by Gasteiger charge is -2.63. The molecule has 49 heavy (non-hydrogen) atoms. The van der Waals surface area contributed by atoms with Crippen molar-refractivity contribution in [2.75, 3.05) is 19.8 Å². The summed E-state index contributed by atoms with van der Waals surface area (Å²) in [7, 11) is 0. The maximum absolute atomic E-state index is 12.5. The molecule has 17 atom stereocenters. The van der Waals surface area contributed by atoms with E-state index in [9.17, 15) is 45.6 Å². The molecule has 7 rings (SSSR count). The van der Waals surface area contributed by atoms with Gasteiger partial charge in [-0.2, -0.15) is 0 Å². The first-order valence-electron chi connectivity index (χ1n) is 18.1. The van der Waals surface area contributed by atoms with Crippen LogP contribution in [0.5, 0.6) is 0 Å². The lowest BCUT2D eigenvalue weighted by atomic mass is 9.43. The van der Waals surface area contributed by atoms with Crippen LogP contribution < -0.4 is 0 Å². The molecule has 8 N–H and O–H groups in total. The number of aliphatic hydroxyl groups excluding tert-OH is 7. The first-order valence-corrected chi connectivity index (χ1v) is 18.1. The van der Waals surface area contributed by atoms with Crippen molar-refractivity contribution in [1.29, 1.82) is 0 Å². The van der Waals surface area contributed by atoms with Crippen LogP contribution in [0.25, 0.3) is 0 Å². The zero-order valence-electron chi connectivity index (χ0n) is 28.3. The zero-order chi connectivity index (χ0) is 35.0. The Kier molecular flexibility index (Phi) is 9.80. The first kappa shape index (κ1) is 36.1. The number of fused-ring (bicyclic) bond motifs is 5. The molecule has 3 saturated heterocycles. The van der Waals surface area contributed by atoms with Gasteiger partial charge >= 0.3 is 5.97 Å². The minimum Gasteiger partial charge on any atom is -0.461 e. The highest BCUT2D eigenvalue weighted by molar-refractivity contribution is 5.76. The van der Waals surface area contributed by atoms with Crippen molar-refractivity contribution in [1.82, 2.24) is 0 Å². The molecule has 278 valence electrons. The molecular formula is C35H54O14. The topological polar surface area (TPSA) is 225 Å². The summed E-state index contributed by atoms with van der Waals surface area (Å²) in [6.07, 6.45) is -7.54. The lowest BCUT2D eigenvalue weighted by Crippen LogP contribution is -2.65. The number of hydrogen-bond donors (Lipinski definition) is 8. The molecule has 0 bridgehead atoms. The number of ether oxygens (including phenoxy) is 5. The van der Waals surface area contributed by atoms with Gasteiger partial charge in [-0.15, -0.1) is 0 Å². The third-order valence-corrected chi connectivity index (χ3v) is 14.1. The van der Waals surface area contributed by atoms with E-state index in [2.05, 4.69) is 13.8 Å². The Morgan fingerprint density at radius 3 is 2.14 bits per heavy atom. The molecule has 4 saturated carbocycles. The van der Waals surface area contributed by atoms with E-state index in [1.165, 1.54) is 5.57 Å². The highest BCUT2D eigenvalue weighted by Crippen LogP contribution is 2.69. The molecule has 0 aromatic heterocycles. The summed E-state index contributed by atoms with van der Waals surface area (Å²) >= 11 is 0. The Labute approximate surface area is 285 Å². The molecule has 7 fully saturated rings. The van der Waals surface area contributed by atoms with Crippen molar-refractivity contribution in [3.05, 3.63) is 11.1 Å². The van der Waals surface area contributed by atoms with Crippen molar-refractivity contribution in [2.24, 2.45) is 28.6 Å². The number of aliphatic hydroxyl groups is 8. The minimum absolute atomic E-state index is 0.0210. The van der Waals surface area contributed by atoms with Crippen LogP contribution in [0.15, 0.2) is 11.1 Å². The molecule has 0 spiro atoms. The summed E-state index contributed by atoms with van der Waals surface area (Å²) in [5.74, 6) is 0.601. The van der Waals surface area contributed by atoms with Crippen molar-refractivity contribution < 1.29 is 69.3 Å². The fourth-order valence-corrected chi connectivity index (χ4v) is 11.2. The van der Waals surface area contributed by atoms with Crippen LogP contribution in [0.4, 0.5) is 0 Å². The molecule has 3 aliphatic heterocycles. The van der Waals surface area contributed by atoms with Gasteiger partial charge in [0, 0.05) is 5.41 Å². The van der Waals surface area contributed by atoms with Gasteiger partial charge in [0.2, 0.25) is 0 Å². The fraction of sp³-hybridized carbons (Fsp3) is 0.914. The van der Waals surface area contributed by atoms with Gasteiger partial charge < -0.3 is 64.5 Å². The highest BCUT2D eigenvalue weighted by atomic mass is 16.7. The van der Waals surface area contributed by atoms with Gasteiger partial charge in [0.15, 0.2) is 12.6 Å². The monoisotopic (exact) mass is 698 g/mol. The number of carbonyl (C=O) groups is 1. The van der Waals surface area contributed by atoms with Crippen molar-refractivity contribution in [3.63, 3.8) is 0 Å². The number of rotatable bonds is 6. The van der Waals surface area contributed by atoms with Crippen LogP contribution >= 0.6 is 0 Å². The normalized spacial score (nSPS) is 54.6. The predicted octanol–water partition coefficient (Wildman–Crippen LogP) is -0.603. The summed E-state index contributed by atoms with van der Waals surface area (Å²) in [6, 6.07) is 0. The fourth-order valence-electron chi connectivity index (χ4n) is 11.2. The third kappa shape index (κ3) is 5.73.